The summed E-state index contributed by atoms with van der Waals surface area (Å²) in [4.78, 5) is 30.6. The van der Waals surface area contributed by atoms with Crippen LogP contribution in [0.1, 0.15) is 31.1 Å². The molecule has 0 aliphatic heterocycles. The van der Waals surface area contributed by atoms with Gasteiger partial charge < -0.3 is 20.8 Å². The maximum Gasteiger partial charge on any atom is 0.335 e. The fraction of sp³-hybridized carbons (Fsp3) is 0. The molecule has 7 nitrogen and oxygen atoms in total. The van der Waals surface area contributed by atoms with Crippen molar-refractivity contribution in [3.63, 3.8) is 0 Å². The Morgan fingerprint density at radius 2 is 0.621 bits per heavy atom. The van der Waals surface area contributed by atoms with E-state index in [9.17, 15) is 14.4 Å². The standard InChI is InChI=1S/3C7H6O2.H2O.Tb/c3*8-7(9)6-4-2-1-3-5-6;;/h3*1-5H,(H,8,9);1H2;. The van der Waals surface area contributed by atoms with E-state index in [0.717, 1.165) is 0 Å². The van der Waals surface area contributed by atoms with E-state index in [4.69, 9.17) is 15.3 Å². The number of aromatic carboxylic acids is 3. The van der Waals surface area contributed by atoms with Crippen LogP contribution < -0.4 is 0 Å². The zero-order chi connectivity index (χ0) is 20.1. The first-order valence-electron chi connectivity index (χ1n) is 7.77. The molecule has 0 aliphatic rings. The molecule has 29 heavy (non-hydrogen) atoms. The van der Waals surface area contributed by atoms with Gasteiger partial charge in [-0.05, 0) is 36.4 Å². The molecule has 8 heteroatoms. The zero-order valence-electron chi connectivity index (χ0n) is 15.1. The van der Waals surface area contributed by atoms with Crippen molar-refractivity contribution >= 4 is 17.9 Å². The van der Waals surface area contributed by atoms with Gasteiger partial charge in [0.1, 0.15) is 0 Å². The number of rotatable bonds is 3. The van der Waals surface area contributed by atoms with Gasteiger partial charge in [0.05, 0.1) is 16.7 Å². The average Bonchev–Trinajstić information content (AvgIpc) is 2.71. The molecule has 155 valence electrons. The second kappa shape index (κ2) is 16.3. The molecule has 0 spiro atoms. The summed E-state index contributed by atoms with van der Waals surface area (Å²) in [5, 5.41) is 25.2. The molecular formula is C21H20O7Tb. The number of carbonyl (C=O) groups is 3. The van der Waals surface area contributed by atoms with Crippen molar-refractivity contribution in [1.82, 2.24) is 0 Å². The predicted molar refractivity (Wildman–Crippen MR) is 104 cm³/mol. The summed E-state index contributed by atoms with van der Waals surface area (Å²) in [7, 11) is 0. The van der Waals surface area contributed by atoms with Crippen molar-refractivity contribution < 1.29 is 73.8 Å². The Balaban J connectivity index is 0. The van der Waals surface area contributed by atoms with E-state index < -0.39 is 17.9 Å². The largest absolute Gasteiger partial charge is 0.478 e. The van der Waals surface area contributed by atoms with Gasteiger partial charge in [-0.25, -0.2) is 14.4 Å². The molecule has 0 saturated carbocycles. The van der Waals surface area contributed by atoms with Gasteiger partial charge in [-0.3, -0.25) is 0 Å². The third kappa shape index (κ3) is 12.4. The summed E-state index contributed by atoms with van der Waals surface area (Å²) < 4.78 is 0. The van der Waals surface area contributed by atoms with Crippen molar-refractivity contribution in [2.75, 3.05) is 0 Å². The Labute approximate surface area is 198 Å². The normalized spacial score (nSPS) is 8.28. The van der Waals surface area contributed by atoms with Crippen LogP contribution in [0.2, 0.25) is 0 Å². The zero-order valence-corrected chi connectivity index (χ0v) is 17.2. The monoisotopic (exact) mass is 543 g/mol. The van der Waals surface area contributed by atoms with E-state index in [0.29, 0.717) is 16.7 Å². The summed E-state index contributed by atoms with van der Waals surface area (Å²) in [6.07, 6.45) is 0. The van der Waals surface area contributed by atoms with Crippen LogP contribution in [0.15, 0.2) is 91.0 Å². The number of carboxylic acid groups (broad SMARTS) is 3. The minimum Gasteiger partial charge on any atom is -0.478 e. The number of carboxylic acids is 3. The number of hydrogen-bond donors (Lipinski definition) is 3. The summed E-state index contributed by atoms with van der Waals surface area (Å²) in [6.45, 7) is 0. The molecule has 3 aromatic rings. The third-order valence-electron chi connectivity index (χ3n) is 3.06. The summed E-state index contributed by atoms with van der Waals surface area (Å²) in [6, 6.07) is 24.9. The summed E-state index contributed by atoms with van der Waals surface area (Å²) >= 11 is 0. The van der Waals surface area contributed by atoms with Gasteiger partial charge in [-0.1, -0.05) is 54.6 Å². The second-order valence-electron chi connectivity index (χ2n) is 5.01. The maximum atomic E-state index is 10.2. The quantitative estimate of drug-likeness (QED) is 0.463. The van der Waals surface area contributed by atoms with E-state index >= 15 is 0 Å². The molecule has 0 unspecified atom stereocenters. The van der Waals surface area contributed by atoms with Gasteiger partial charge in [-0.15, -0.1) is 0 Å². The first kappa shape index (κ1) is 28.5. The van der Waals surface area contributed by atoms with Crippen molar-refractivity contribution in [2.45, 2.75) is 0 Å². The molecule has 1 radical (unpaired) electrons. The van der Waals surface area contributed by atoms with Crippen LogP contribution in [0.3, 0.4) is 0 Å². The minimum absolute atomic E-state index is 0. The molecule has 0 heterocycles. The minimum atomic E-state index is -0.879. The number of benzene rings is 3. The van der Waals surface area contributed by atoms with Gasteiger partial charge in [-0.2, -0.15) is 0 Å². The summed E-state index contributed by atoms with van der Waals surface area (Å²) in [5.41, 5.74) is 0.993. The molecule has 0 atom stereocenters. The van der Waals surface area contributed by atoms with Crippen LogP contribution in [0.25, 0.3) is 0 Å². The fourth-order valence-corrected chi connectivity index (χ4v) is 1.74. The van der Waals surface area contributed by atoms with Crippen molar-refractivity contribution in [3.05, 3.63) is 108 Å². The third-order valence-corrected chi connectivity index (χ3v) is 3.06. The van der Waals surface area contributed by atoms with E-state index in [1.165, 1.54) is 0 Å². The van der Waals surface area contributed by atoms with Crippen molar-refractivity contribution in [1.29, 1.82) is 0 Å². The van der Waals surface area contributed by atoms with E-state index in [-0.39, 0.29) is 44.1 Å². The predicted octanol–water partition coefficient (Wildman–Crippen LogP) is 3.33. The molecule has 5 N–H and O–H groups in total. The first-order chi connectivity index (χ1) is 12.9. The van der Waals surface area contributed by atoms with E-state index in [1.807, 2.05) is 0 Å². The molecule has 3 rings (SSSR count). The van der Waals surface area contributed by atoms with Gasteiger partial charge >= 0.3 is 17.9 Å². The van der Waals surface area contributed by atoms with E-state index in [1.54, 1.807) is 91.0 Å². The van der Waals surface area contributed by atoms with Crippen LogP contribution in [0.5, 0.6) is 0 Å². The molecular weight excluding hydrogens is 523 g/mol. The van der Waals surface area contributed by atoms with Crippen LogP contribution in [-0.2, 0) is 0 Å². The van der Waals surface area contributed by atoms with Crippen LogP contribution >= 0.6 is 0 Å². The SMILES string of the molecule is O.O=C(O)c1ccccc1.O=C(O)c1ccccc1.O=C(O)c1ccccc1.[Tb]. The van der Waals surface area contributed by atoms with Gasteiger partial charge in [0.2, 0.25) is 0 Å². The smallest absolute Gasteiger partial charge is 0.335 e. The van der Waals surface area contributed by atoms with Crippen LogP contribution in [0.4, 0.5) is 0 Å². The molecule has 0 aromatic heterocycles. The molecule has 0 fully saturated rings. The Morgan fingerprint density at radius 3 is 0.724 bits per heavy atom. The molecule has 3 aromatic carbocycles. The molecule has 0 bridgehead atoms. The van der Waals surface area contributed by atoms with Crippen LogP contribution in [-0.4, -0.2) is 38.7 Å². The average molecular weight is 543 g/mol. The molecule has 0 amide bonds. The fourth-order valence-electron chi connectivity index (χ4n) is 1.74. The molecule has 0 saturated heterocycles. The van der Waals surface area contributed by atoms with Gasteiger partial charge in [0.15, 0.2) is 0 Å². The first-order valence-corrected chi connectivity index (χ1v) is 7.77. The second-order valence-corrected chi connectivity index (χ2v) is 5.01. The number of hydrogen-bond acceptors (Lipinski definition) is 3. The Bertz CT molecular complexity index is 736. The van der Waals surface area contributed by atoms with E-state index in [2.05, 4.69) is 0 Å². The topological polar surface area (TPSA) is 143 Å². The summed E-state index contributed by atoms with van der Waals surface area (Å²) in [5.74, 6) is -2.64. The van der Waals surface area contributed by atoms with Crippen molar-refractivity contribution in [2.24, 2.45) is 0 Å². The van der Waals surface area contributed by atoms with Gasteiger partial charge in [0, 0.05) is 38.6 Å². The Kier molecular flexibility index (Phi) is 16.0. The maximum absolute atomic E-state index is 10.2. The van der Waals surface area contributed by atoms with Crippen molar-refractivity contribution in [3.8, 4) is 0 Å². The molecule has 0 aliphatic carbocycles. The van der Waals surface area contributed by atoms with Crippen LogP contribution in [0, 0.1) is 38.6 Å². The Morgan fingerprint density at radius 1 is 0.448 bits per heavy atom. The van der Waals surface area contributed by atoms with Gasteiger partial charge in [0.25, 0.3) is 0 Å². The Hall–Kier alpha value is -2.68.